The Bertz CT molecular complexity index is 419. The van der Waals surface area contributed by atoms with Crippen LogP contribution in [0, 0.1) is 0 Å². The van der Waals surface area contributed by atoms with Crippen LogP contribution in [0.25, 0.3) is 0 Å². The van der Waals surface area contributed by atoms with Gasteiger partial charge >= 0.3 is 5.97 Å². The molecule has 0 saturated heterocycles. The molecule has 0 amide bonds. The second-order valence-corrected chi connectivity index (χ2v) is 4.34. The number of hydrogen-bond acceptors (Lipinski definition) is 3. The topological polar surface area (TPSA) is 29.5 Å². The molecule has 2 rings (SSSR count). The Labute approximate surface area is 100.0 Å². The molecule has 0 spiro atoms. The van der Waals surface area contributed by atoms with Crippen LogP contribution >= 0.6 is 11.6 Å². The molecular weight excluding hydrogens is 226 g/mol. The maximum absolute atomic E-state index is 11.6. The van der Waals surface area contributed by atoms with Crippen molar-refractivity contribution < 1.29 is 9.53 Å². The fourth-order valence-corrected chi connectivity index (χ4v) is 2.54. The third kappa shape index (κ3) is 1.76. The van der Waals surface area contributed by atoms with E-state index in [4.69, 9.17) is 16.3 Å². The van der Waals surface area contributed by atoms with Crippen molar-refractivity contribution in [3.05, 3.63) is 28.8 Å². The molecule has 0 fully saturated rings. The summed E-state index contributed by atoms with van der Waals surface area (Å²) in [5.74, 6) is -0.201. The summed E-state index contributed by atoms with van der Waals surface area (Å²) in [6.45, 7) is 0. The van der Waals surface area contributed by atoms with Gasteiger partial charge in [0.05, 0.1) is 17.8 Å². The number of ether oxygens (including phenoxy) is 1. The highest BCUT2D eigenvalue weighted by Gasteiger charge is 2.30. The van der Waals surface area contributed by atoms with Crippen molar-refractivity contribution >= 4 is 23.3 Å². The molecule has 1 heterocycles. The van der Waals surface area contributed by atoms with E-state index in [1.165, 1.54) is 12.7 Å². The van der Waals surface area contributed by atoms with E-state index in [-0.39, 0.29) is 12.0 Å². The predicted octanol–water partition coefficient (Wildman–Crippen LogP) is 2.26. The molecule has 1 aliphatic rings. The van der Waals surface area contributed by atoms with Gasteiger partial charge in [0, 0.05) is 7.05 Å². The maximum atomic E-state index is 11.6. The van der Waals surface area contributed by atoms with Crippen LogP contribution in [0.1, 0.15) is 12.0 Å². The van der Waals surface area contributed by atoms with Gasteiger partial charge in [0.1, 0.15) is 6.04 Å². The maximum Gasteiger partial charge on any atom is 0.328 e. The highest BCUT2D eigenvalue weighted by Crippen LogP contribution is 2.35. The number of fused-ring (bicyclic) bond motifs is 1. The third-order valence-electron chi connectivity index (χ3n) is 3.05. The predicted molar refractivity (Wildman–Crippen MR) is 64.0 cm³/mol. The Morgan fingerprint density at radius 1 is 1.56 bits per heavy atom. The highest BCUT2D eigenvalue weighted by atomic mass is 35.5. The molecule has 0 aliphatic carbocycles. The van der Waals surface area contributed by atoms with Crippen LogP contribution in [-0.4, -0.2) is 26.2 Å². The van der Waals surface area contributed by atoms with Gasteiger partial charge in [-0.2, -0.15) is 0 Å². The van der Waals surface area contributed by atoms with Crippen LogP contribution in [0.3, 0.4) is 0 Å². The van der Waals surface area contributed by atoms with Crippen molar-refractivity contribution in [3.8, 4) is 0 Å². The van der Waals surface area contributed by atoms with Gasteiger partial charge < -0.3 is 9.64 Å². The van der Waals surface area contributed by atoms with Crippen molar-refractivity contribution in [2.45, 2.75) is 18.9 Å². The summed E-state index contributed by atoms with van der Waals surface area (Å²) in [7, 11) is 3.30. The van der Waals surface area contributed by atoms with Gasteiger partial charge in [-0.15, -0.1) is 0 Å². The fourth-order valence-electron chi connectivity index (χ4n) is 2.21. The van der Waals surface area contributed by atoms with Crippen molar-refractivity contribution in [2.24, 2.45) is 0 Å². The summed E-state index contributed by atoms with van der Waals surface area (Å²) in [5.41, 5.74) is 2.14. The first-order valence-electron chi connectivity index (χ1n) is 5.23. The standard InChI is InChI=1S/C12H14ClNO2/c1-14-10(12(15)16-2)7-6-8-4-3-5-9(13)11(8)14/h3-5,10H,6-7H2,1-2H3. The second-order valence-electron chi connectivity index (χ2n) is 3.94. The minimum atomic E-state index is -0.225. The largest absolute Gasteiger partial charge is 0.467 e. The number of benzene rings is 1. The molecule has 16 heavy (non-hydrogen) atoms. The number of likely N-dealkylation sites (N-methyl/N-ethyl adjacent to an activating group) is 1. The van der Waals surface area contributed by atoms with E-state index in [2.05, 4.69) is 0 Å². The number of para-hydroxylation sites is 1. The summed E-state index contributed by atoms with van der Waals surface area (Å²) in [5, 5.41) is 0.689. The van der Waals surface area contributed by atoms with Crippen molar-refractivity contribution in [1.82, 2.24) is 0 Å². The zero-order chi connectivity index (χ0) is 11.7. The van der Waals surface area contributed by atoms with Gasteiger partial charge in [0.25, 0.3) is 0 Å². The number of methoxy groups -OCH3 is 1. The van der Waals surface area contributed by atoms with E-state index in [9.17, 15) is 4.79 Å². The quantitative estimate of drug-likeness (QED) is 0.704. The number of carbonyl (C=O) groups excluding carboxylic acids is 1. The lowest BCUT2D eigenvalue weighted by Crippen LogP contribution is -2.42. The Morgan fingerprint density at radius 3 is 3.00 bits per heavy atom. The van der Waals surface area contributed by atoms with E-state index < -0.39 is 0 Å². The SMILES string of the molecule is COC(=O)C1CCc2cccc(Cl)c2N1C. The molecular formula is C12H14ClNO2. The zero-order valence-corrected chi connectivity index (χ0v) is 10.1. The number of aryl methyl sites for hydroxylation is 1. The molecule has 1 aliphatic heterocycles. The molecule has 0 aromatic heterocycles. The van der Waals surface area contributed by atoms with Gasteiger partial charge in [0.15, 0.2) is 0 Å². The zero-order valence-electron chi connectivity index (χ0n) is 9.37. The smallest absolute Gasteiger partial charge is 0.328 e. The van der Waals surface area contributed by atoms with Crippen LogP contribution < -0.4 is 4.90 Å². The summed E-state index contributed by atoms with van der Waals surface area (Å²) >= 11 is 6.16. The number of esters is 1. The molecule has 0 N–H and O–H groups in total. The number of halogens is 1. The van der Waals surface area contributed by atoms with Crippen LogP contribution in [0.2, 0.25) is 5.02 Å². The number of hydrogen-bond donors (Lipinski definition) is 0. The first-order chi connectivity index (χ1) is 7.65. The van der Waals surface area contributed by atoms with Gasteiger partial charge in [-0.25, -0.2) is 4.79 Å². The summed E-state index contributed by atoms with van der Waals surface area (Å²) < 4.78 is 4.79. The molecule has 1 aromatic carbocycles. The van der Waals surface area contributed by atoms with Crippen molar-refractivity contribution in [1.29, 1.82) is 0 Å². The first kappa shape index (κ1) is 11.3. The number of nitrogens with zero attached hydrogens (tertiary/aromatic N) is 1. The van der Waals surface area contributed by atoms with E-state index in [0.29, 0.717) is 5.02 Å². The summed E-state index contributed by atoms with van der Waals surface area (Å²) in [4.78, 5) is 13.5. The van der Waals surface area contributed by atoms with E-state index >= 15 is 0 Å². The van der Waals surface area contributed by atoms with E-state index in [0.717, 1.165) is 18.5 Å². The monoisotopic (exact) mass is 239 g/mol. The molecule has 0 radical (unpaired) electrons. The van der Waals surface area contributed by atoms with Gasteiger partial charge in [-0.1, -0.05) is 23.7 Å². The van der Waals surface area contributed by atoms with Crippen LogP contribution in [-0.2, 0) is 16.0 Å². The Hall–Kier alpha value is -1.22. The minimum absolute atomic E-state index is 0.201. The van der Waals surface area contributed by atoms with E-state index in [1.54, 1.807) is 0 Å². The third-order valence-corrected chi connectivity index (χ3v) is 3.36. The first-order valence-corrected chi connectivity index (χ1v) is 5.61. The molecule has 1 atom stereocenters. The Kier molecular flexibility index (Phi) is 3.06. The Balaban J connectivity index is 2.38. The lowest BCUT2D eigenvalue weighted by atomic mass is 9.96. The Morgan fingerprint density at radius 2 is 2.31 bits per heavy atom. The van der Waals surface area contributed by atoms with Crippen LogP contribution in [0.15, 0.2) is 18.2 Å². The molecule has 0 bridgehead atoms. The van der Waals surface area contributed by atoms with Crippen LogP contribution in [0.5, 0.6) is 0 Å². The molecule has 1 unspecified atom stereocenters. The summed E-state index contributed by atoms with van der Waals surface area (Å²) in [6, 6.07) is 5.60. The van der Waals surface area contributed by atoms with E-state index in [1.807, 2.05) is 30.1 Å². The average Bonchev–Trinajstić information content (AvgIpc) is 2.28. The molecule has 1 aromatic rings. The van der Waals surface area contributed by atoms with Gasteiger partial charge in [0.2, 0.25) is 0 Å². The van der Waals surface area contributed by atoms with Crippen LogP contribution in [0.4, 0.5) is 5.69 Å². The molecule has 4 heteroatoms. The molecule has 3 nitrogen and oxygen atoms in total. The summed E-state index contributed by atoms with van der Waals surface area (Å²) in [6.07, 6.45) is 1.64. The number of anilines is 1. The van der Waals surface area contributed by atoms with Gasteiger partial charge in [-0.3, -0.25) is 0 Å². The molecule has 86 valence electrons. The average molecular weight is 240 g/mol. The lowest BCUT2D eigenvalue weighted by molar-refractivity contribution is -0.142. The molecule has 0 saturated carbocycles. The number of carbonyl (C=O) groups is 1. The highest BCUT2D eigenvalue weighted by molar-refractivity contribution is 6.33. The minimum Gasteiger partial charge on any atom is -0.467 e. The lowest BCUT2D eigenvalue weighted by Gasteiger charge is -2.34. The second kappa shape index (κ2) is 4.34. The van der Waals surface area contributed by atoms with Crippen molar-refractivity contribution in [2.75, 3.05) is 19.1 Å². The van der Waals surface area contributed by atoms with Gasteiger partial charge in [-0.05, 0) is 24.5 Å². The normalized spacial score (nSPS) is 19.2. The fraction of sp³-hybridized carbons (Fsp3) is 0.417. The number of rotatable bonds is 1. The van der Waals surface area contributed by atoms with Crippen molar-refractivity contribution in [3.63, 3.8) is 0 Å².